The highest BCUT2D eigenvalue weighted by Crippen LogP contribution is 2.33. The lowest BCUT2D eigenvalue weighted by molar-refractivity contribution is 0.0182. The Bertz CT molecular complexity index is 1030. The molecule has 0 aromatic heterocycles. The summed E-state index contributed by atoms with van der Waals surface area (Å²) in [6.07, 6.45) is 0.383. The van der Waals surface area contributed by atoms with Crippen LogP contribution < -0.4 is 9.47 Å². The maximum Gasteiger partial charge on any atom is 0.257 e. The number of carbonyl (C=O) groups excluding carboxylic acids is 2. The number of halogens is 2. The van der Waals surface area contributed by atoms with Crippen molar-refractivity contribution in [1.82, 2.24) is 9.80 Å². The molecule has 0 saturated carbocycles. The molecule has 0 bridgehead atoms. The number of carbonyl (C=O) groups is 2. The van der Waals surface area contributed by atoms with Crippen LogP contribution in [0.15, 0.2) is 30.3 Å². The summed E-state index contributed by atoms with van der Waals surface area (Å²) >= 11 is 0. The number of amides is 2. The van der Waals surface area contributed by atoms with Crippen LogP contribution >= 0.6 is 0 Å². The molecule has 1 fully saturated rings. The normalized spacial score (nSPS) is 20.5. The third-order valence-corrected chi connectivity index (χ3v) is 5.76. The minimum Gasteiger partial charge on any atom is -0.497 e. The number of piperazine rings is 1. The zero-order valence-corrected chi connectivity index (χ0v) is 16.9. The molecule has 8 heteroatoms. The molecule has 0 unspecified atom stereocenters. The van der Waals surface area contributed by atoms with E-state index in [1.54, 1.807) is 22.8 Å². The largest absolute Gasteiger partial charge is 0.497 e. The van der Waals surface area contributed by atoms with Gasteiger partial charge in [-0.15, -0.1) is 0 Å². The van der Waals surface area contributed by atoms with Crippen molar-refractivity contribution < 1.29 is 27.8 Å². The van der Waals surface area contributed by atoms with Crippen LogP contribution in [0.2, 0.25) is 0 Å². The van der Waals surface area contributed by atoms with Crippen molar-refractivity contribution in [3.63, 3.8) is 0 Å². The maximum absolute atomic E-state index is 14.5. The van der Waals surface area contributed by atoms with Crippen molar-refractivity contribution in [2.75, 3.05) is 27.3 Å². The zero-order valence-electron chi connectivity index (χ0n) is 16.9. The third-order valence-electron chi connectivity index (χ3n) is 5.76. The first-order valence-electron chi connectivity index (χ1n) is 9.66. The topological polar surface area (TPSA) is 59.1 Å². The van der Waals surface area contributed by atoms with Crippen molar-refractivity contribution in [1.29, 1.82) is 0 Å². The molecule has 2 atom stereocenters. The summed E-state index contributed by atoms with van der Waals surface area (Å²) < 4.78 is 39.1. The van der Waals surface area contributed by atoms with Crippen LogP contribution in [0.1, 0.15) is 33.2 Å². The molecule has 6 nitrogen and oxygen atoms in total. The lowest BCUT2D eigenvalue weighted by Gasteiger charge is -2.48. The van der Waals surface area contributed by atoms with Gasteiger partial charge in [0.05, 0.1) is 31.4 Å². The Labute approximate surface area is 173 Å². The highest BCUT2D eigenvalue weighted by atomic mass is 19.1. The highest BCUT2D eigenvalue weighted by Gasteiger charge is 2.43. The van der Waals surface area contributed by atoms with E-state index in [4.69, 9.17) is 9.47 Å². The summed E-state index contributed by atoms with van der Waals surface area (Å²) in [4.78, 5) is 29.2. The number of nitrogens with zero attached hydrogens (tertiary/aromatic N) is 2. The molecule has 4 rings (SSSR count). The molecule has 2 aromatic rings. The fraction of sp³-hybridized carbons (Fsp3) is 0.364. The summed E-state index contributed by atoms with van der Waals surface area (Å²) in [5.74, 6) is -1.45. The Kier molecular flexibility index (Phi) is 5.09. The summed E-state index contributed by atoms with van der Waals surface area (Å²) in [6.45, 7) is 2.28. The third kappa shape index (κ3) is 3.26. The number of hydrogen-bond acceptors (Lipinski definition) is 4. The lowest BCUT2D eigenvalue weighted by Crippen LogP contribution is -2.63. The van der Waals surface area contributed by atoms with Crippen molar-refractivity contribution in [3.8, 4) is 11.5 Å². The fourth-order valence-electron chi connectivity index (χ4n) is 4.38. The first-order chi connectivity index (χ1) is 14.3. The van der Waals surface area contributed by atoms with Gasteiger partial charge in [0.25, 0.3) is 11.8 Å². The second kappa shape index (κ2) is 7.59. The Morgan fingerprint density at radius 2 is 1.73 bits per heavy atom. The fourth-order valence-corrected chi connectivity index (χ4v) is 4.38. The van der Waals surface area contributed by atoms with E-state index in [0.717, 1.165) is 0 Å². The van der Waals surface area contributed by atoms with Gasteiger partial charge < -0.3 is 19.3 Å². The molecule has 30 heavy (non-hydrogen) atoms. The van der Waals surface area contributed by atoms with Crippen LogP contribution in [-0.4, -0.2) is 61.0 Å². The second-order valence-electron chi connectivity index (χ2n) is 7.62. The van der Waals surface area contributed by atoms with E-state index in [-0.39, 0.29) is 36.3 Å². The molecule has 158 valence electrons. The minimum absolute atomic E-state index is 0.0494. The Hall–Kier alpha value is -3.16. The van der Waals surface area contributed by atoms with Gasteiger partial charge in [-0.3, -0.25) is 9.59 Å². The van der Waals surface area contributed by atoms with Crippen molar-refractivity contribution in [2.24, 2.45) is 0 Å². The molecule has 1 saturated heterocycles. The van der Waals surface area contributed by atoms with Gasteiger partial charge in [0, 0.05) is 31.3 Å². The van der Waals surface area contributed by atoms with Crippen molar-refractivity contribution in [3.05, 3.63) is 58.7 Å². The molecule has 2 heterocycles. The standard InChI is InChI=1S/C22H22F2N2O4/c1-12-10-25(21(27)17-5-4-15(29-2)8-18(17)23)11-14-6-13-7-16(30-3)9-19(24)20(13)22(28)26(12)14/h4-5,7-9,12,14H,6,10-11H2,1-3H3/t12-,14-/m1/s1. The van der Waals surface area contributed by atoms with E-state index in [1.807, 2.05) is 0 Å². The monoisotopic (exact) mass is 416 g/mol. The predicted octanol–water partition coefficient (Wildman–Crippen LogP) is 2.89. The van der Waals surface area contributed by atoms with E-state index < -0.39 is 23.4 Å². The number of ether oxygens (including phenoxy) is 2. The summed E-state index contributed by atoms with van der Waals surface area (Å²) in [5.41, 5.74) is 0.557. The van der Waals surface area contributed by atoms with Crippen LogP contribution in [0.5, 0.6) is 11.5 Å². The number of rotatable bonds is 3. The SMILES string of the molecule is COc1ccc(C(=O)N2C[C@H]3Cc4cc(OC)cc(F)c4C(=O)N3[C@H](C)C2)c(F)c1. The number of methoxy groups -OCH3 is 2. The van der Waals surface area contributed by atoms with Gasteiger partial charge in [-0.2, -0.15) is 0 Å². The number of hydrogen-bond donors (Lipinski definition) is 0. The van der Waals surface area contributed by atoms with E-state index in [9.17, 15) is 18.4 Å². The van der Waals surface area contributed by atoms with Gasteiger partial charge in [0.1, 0.15) is 23.1 Å². The average Bonchev–Trinajstić information content (AvgIpc) is 2.72. The molecular formula is C22H22F2N2O4. The molecule has 2 aliphatic heterocycles. The first-order valence-corrected chi connectivity index (χ1v) is 9.66. The number of benzene rings is 2. The minimum atomic E-state index is -0.661. The van der Waals surface area contributed by atoms with E-state index >= 15 is 0 Å². The first kappa shape index (κ1) is 20.1. The molecule has 0 radical (unpaired) electrons. The summed E-state index contributed by atoms with van der Waals surface area (Å²) in [7, 11) is 2.86. The molecule has 2 aliphatic rings. The maximum atomic E-state index is 14.5. The quantitative estimate of drug-likeness (QED) is 0.772. The van der Waals surface area contributed by atoms with Crippen LogP contribution in [0.4, 0.5) is 8.78 Å². The molecule has 0 N–H and O–H groups in total. The van der Waals surface area contributed by atoms with Gasteiger partial charge in [0.2, 0.25) is 0 Å². The van der Waals surface area contributed by atoms with Crippen LogP contribution in [0.25, 0.3) is 0 Å². The summed E-state index contributed by atoms with van der Waals surface area (Å²) in [5, 5.41) is 0. The molecule has 2 amide bonds. The molecule has 0 spiro atoms. The lowest BCUT2D eigenvalue weighted by atomic mass is 9.89. The number of fused-ring (bicyclic) bond motifs is 2. The zero-order chi connectivity index (χ0) is 21.6. The molecule has 0 aliphatic carbocycles. The van der Waals surface area contributed by atoms with Crippen molar-refractivity contribution in [2.45, 2.75) is 25.4 Å². The second-order valence-corrected chi connectivity index (χ2v) is 7.62. The van der Waals surface area contributed by atoms with Crippen molar-refractivity contribution >= 4 is 11.8 Å². The van der Waals surface area contributed by atoms with Gasteiger partial charge in [-0.1, -0.05) is 0 Å². The predicted molar refractivity (Wildman–Crippen MR) is 105 cm³/mol. The van der Waals surface area contributed by atoms with E-state index in [2.05, 4.69) is 0 Å². The molecular weight excluding hydrogens is 394 g/mol. The van der Waals surface area contributed by atoms with Gasteiger partial charge in [-0.25, -0.2) is 8.78 Å². The Morgan fingerprint density at radius 1 is 1.03 bits per heavy atom. The van der Waals surface area contributed by atoms with Gasteiger partial charge in [-0.05, 0) is 37.1 Å². The van der Waals surface area contributed by atoms with Crippen LogP contribution in [-0.2, 0) is 6.42 Å². The van der Waals surface area contributed by atoms with Gasteiger partial charge >= 0.3 is 0 Å². The Balaban J connectivity index is 1.63. The highest BCUT2D eigenvalue weighted by molar-refractivity contribution is 5.99. The summed E-state index contributed by atoms with van der Waals surface area (Å²) in [6, 6.07) is 6.29. The Morgan fingerprint density at radius 3 is 2.40 bits per heavy atom. The molecule has 2 aromatic carbocycles. The van der Waals surface area contributed by atoms with E-state index in [0.29, 0.717) is 23.5 Å². The smallest absolute Gasteiger partial charge is 0.257 e. The van der Waals surface area contributed by atoms with Gasteiger partial charge in [0.15, 0.2) is 0 Å². The van der Waals surface area contributed by atoms with E-state index in [1.165, 1.54) is 38.5 Å². The van der Waals surface area contributed by atoms with Crippen LogP contribution in [0.3, 0.4) is 0 Å². The average molecular weight is 416 g/mol. The van der Waals surface area contributed by atoms with Crippen LogP contribution in [0, 0.1) is 11.6 Å².